The molecule has 0 fully saturated rings. The minimum absolute atomic E-state index is 0.198. The molecule has 0 aliphatic heterocycles. The molecule has 0 spiro atoms. The summed E-state index contributed by atoms with van der Waals surface area (Å²) in [6.45, 7) is 17.0. The molecule has 0 aromatic heterocycles. The van der Waals surface area contributed by atoms with Gasteiger partial charge in [-0.3, -0.25) is 4.79 Å². The average molecular weight is 598 g/mol. The van der Waals surface area contributed by atoms with Crippen LogP contribution in [0.2, 0.25) is 0 Å². The number of rotatable bonds is 19. The van der Waals surface area contributed by atoms with E-state index in [4.69, 9.17) is 14.2 Å². The van der Waals surface area contributed by atoms with E-state index in [1.165, 1.54) is 12.2 Å². The third-order valence-corrected chi connectivity index (χ3v) is 8.09. The number of esters is 2. The van der Waals surface area contributed by atoms with E-state index in [1.807, 2.05) is 34.7 Å². The highest BCUT2D eigenvalue weighted by molar-refractivity contribution is 5.87. The first-order valence-electron chi connectivity index (χ1n) is 14.6. The molecule has 1 rings (SSSR count). The van der Waals surface area contributed by atoms with Crippen LogP contribution in [0, 0.1) is 10.8 Å². The average Bonchev–Trinajstić information content (AvgIpc) is 2.90. The van der Waals surface area contributed by atoms with Crippen molar-refractivity contribution >= 4 is 18.0 Å². The molecule has 0 heterocycles. The van der Waals surface area contributed by atoms with Crippen LogP contribution >= 0.6 is 0 Å². The van der Waals surface area contributed by atoms with Crippen LogP contribution in [-0.4, -0.2) is 50.5 Å². The third-order valence-electron chi connectivity index (χ3n) is 8.09. The van der Waals surface area contributed by atoms with Crippen LogP contribution in [0.3, 0.4) is 0 Å². The maximum Gasteiger partial charge on any atom is 0.389 e. The molecule has 0 saturated heterocycles. The van der Waals surface area contributed by atoms with Gasteiger partial charge in [0.2, 0.25) is 0 Å². The molecule has 1 N–H and O–H groups in total. The van der Waals surface area contributed by atoms with Crippen molar-refractivity contribution in [2.45, 2.75) is 98.2 Å². The molecule has 9 heteroatoms. The standard InChI is InChI=1S/C33H50F3NO5/c1-25(2)30(3,4)24-32(7,31(5,6)37-8)29(39)42-22-12-10-9-11-21-40-27-17-14-26(15-18-27)16-19-28(38)41-23-13-20-33(34,35)36/h14-19,37H,1,9-13,20-24H2,2-8H3/b19-16+. The Bertz CT molecular complexity index is 1030. The van der Waals surface area contributed by atoms with Gasteiger partial charge in [0.25, 0.3) is 0 Å². The number of carbonyl (C=O) groups excluding carboxylic acids is 2. The fourth-order valence-corrected chi connectivity index (χ4v) is 4.26. The second kappa shape index (κ2) is 16.7. The van der Waals surface area contributed by atoms with Crippen molar-refractivity contribution < 1.29 is 37.0 Å². The number of unbranched alkanes of at least 4 members (excludes halogenated alkanes) is 3. The van der Waals surface area contributed by atoms with Crippen LogP contribution in [0.25, 0.3) is 6.08 Å². The first-order valence-corrected chi connectivity index (χ1v) is 14.6. The number of allylic oxidation sites excluding steroid dienone is 1. The number of nitrogens with one attached hydrogen (secondary N) is 1. The second-order valence-corrected chi connectivity index (χ2v) is 12.2. The molecular weight excluding hydrogens is 547 g/mol. The highest BCUT2D eigenvalue weighted by Gasteiger charge is 2.50. The molecule has 0 aliphatic carbocycles. The van der Waals surface area contributed by atoms with Gasteiger partial charge in [-0.2, -0.15) is 13.2 Å². The predicted molar refractivity (Wildman–Crippen MR) is 161 cm³/mol. The van der Waals surface area contributed by atoms with Crippen molar-refractivity contribution in [3.05, 3.63) is 48.1 Å². The lowest BCUT2D eigenvalue weighted by Gasteiger charge is -2.46. The molecule has 0 amide bonds. The zero-order valence-corrected chi connectivity index (χ0v) is 26.4. The van der Waals surface area contributed by atoms with Crippen molar-refractivity contribution in [1.29, 1.82) is 0 Å². The van der Waals surface area contributed by atoms with E-state index < -0.39 is 29.5 Å². The van der Waals surface area contributed by atoms with Gasteiger partial charge in [-0.15, -0.1) is 0 Å². The van der Waals surface area contributed by atoms with Crippen molar-refractivity contribution in [2.75, 3.05) is 26.9 Å². The Morgan fingerprint density at radius 2 is 1.45 bits per heavy atom. The van der Waals surface area contributed by atoms with Crippen molar-refractivity contribution in [1.82, 2.24) is 5.32 Å². The monoisotopic (exact) mass is 597 g/mol. The SMILES string of the molecule is C=C(C)C(C)(C)CC(C)(C(=O)OCCCCCCOc1ccc(/C=C/C(=O)OCCCC(F)(F)F)cc1)C(C)(C)NC. The lowest BCUT2D eigenvalue weighted by molar-refractivity contribution is -0.162. The number of benzene rings is 1. The third kappa shape index (κ3) is 13.0. The van der Waals surface area contributed by atoms with Gasteiger partial charge in [0.15, 0.2) is 0 Å². The lowest BCUT2D eigenvalue weighted by Crippen LogP contribution is -2.57. The highest BCUT2D eigenvalue weighted by Crippen LogP contribution is 2.45. The van der Waals surface area contributed by atoms with Crippen LogP contribution in [-0.2, 0) is 19.1 Å². The fourth-order valence-electron chi connectivity index (χ4n) is 4.26. The summed E-state index contributed by atoms with van der Waals surface area (Å²) in [7, 11) is 1.86. The minimum Gasteiger partial charge on any atom is -0.494 e. The maximum absolute atomic E-state index is 13.3. The van der Waals surface area contributed by atoms with Gasteiger partial charge in [0, 0.05) is 18.0 Å². The molecular formula is C33H50F3NO5. The quantitative estimate of drug-likeness (QED) is 0.0753. The van der Waals surface area contributed by atoms with Crippen LogP contribution < -0.4 is 10.1 Å². The number of hydrogen-bond donors (Lipinski definition) is 1. The molecule has 6 nitrogen and oxygen atoms in total. The van der Waals surface area contributed by atoms with E-state index in [2.05, 4.69) is 25.7 Å². The molecule has 0 bridgehead atoms. The molecule has 0 saturated carbocycles. The zero-order valence-electron chi connectivity index (χ0n) is 26.4. The summed E-state index contributed by atoms with van der Waals surface area (Å²) in [4.78, 5) is 24.9. The molecule has 0 radical (unpaired) electrons. The van der Waals surface area contributed by atoms with Crippen LogP contribution in [0.4, 0.5) is 13.2 Å². The van der Waals surface area contributed by atoms with Crippen molar-refractivity contribution in [3.63, 3.8) is 0 Å². The van der Waals surface area contributed by atoms with E-state index in [9.17, 15) is 22.8 Å². The topological polar surface area (TPSA) is 73.9 Å². The molecule has 1 aromatic rings. The summed E-state index contributed by atoms with van der Waals surface area (Å²) in [5, 5.41) is 3.29. The van der Waals surface area contributed by atoms with Gasteiger partial charge in [0.05, 0.1) is 25.2 Å². The number of hydrogen-bond acceptors (Lipinski definition) is 6. The van der Waals surface area contributed by atoms with Crippen LogP contribution in [0.1, 0.15) is 92.1 Å². The number of carbonyl (C=O) groups is 2. The summed E-state index contributed by atoms with van der Waals surface area (Å²) in [6.07, 6.45) is 1.33. The smallest absolute Gasteiger partial charge is 0.389 e. The number of alkyl halides is 3. The number of halogens is 3. The van der Waals surface area contributed by atoms with Gasteiger partial charge >= 0.3 is 18.1 Å². The Morgan fingerprint density at radius 1 is 0.881 bits per heavy atom. The van der Waals surface area contributed by atoms with E-state index in [0.717, 1.165) is 36.8 Å². The Labute approximate surface area is 250 Å². The largest absolute Gasteiger partial charge is 0.494 e. The molecule has 42 heavy (non-hydrogen) atoms. The van der Waals surface area contributed by atoms with Crippen molar-refractivity contribution in [3.8, 4) is 5.75 Å². The van der Waals surface area contributed by atoms with Gasteiger partial charge < -0.3 is 19.5 Å². The lowest BCUT2D eigenvalue weighted by atomic mass is 9.62. The van der Waals surface area contributed by atoms with Gasteiger partial charge in [0.1, 0.15) is 5.75 Å². The fraction of sp³-hybridized carbons (Fsp3) is 0.636. The molecule has 1 unspecified atom stereocenters. The summed E-state index contributed by atoms with van der Waals surface area (Å²) in [6, 6.07) is 7.12. The second-order valence-electron chi connectivity index (χ2n) is 12.2. The molecule has 1 aromatic carbocycles. The Morgan fingerprint density at radius 3 is 2.00 bits per heavy atom. The first-order chi connectivity index (χ1) is 19.4. The highest BCUT2D eigenvalue weighted by atomic mass is 19.4. The Balaban J connectivity index is 2.35. The van der Waals surface area contributed by atoms with Gasteiger partial charge in [-0.25, -0.2) is 4.79 Å². The Kier molecular flexibility index (Phi) is 14.8. The van der Waals surface area contributed by atoms with Crippen molar-refractivity contribution in [2.24, 2.45) is 10.8 Å². The normalized spacial score (nSPS) is 14.0. The maximum atomic E-state index is 13.3. The van der Waals surface area contributed by atoms with E-state index in [-0.39, 0.29) is 24.4 Å². The van der Waals surface area contributed by atoms with E-state index >= 15 is 0 Å². The Hall–Kier alpha value is -2.81. The molecule has 238 valence electrons. The van der Waals surface area contributed by atoms with Gasteiger partial charge in [-0.05, 0) is 102 Å². The van der Waals surface area contributed by atoms with E-state index in [1.54, 1.807) is 24.3 Å². The predicted octanol–water partition coefficient (Wildman–Crippen LogP) is 8.06. The van der Waals surface area contributed by atoms with Gasteiger partial charge in [-0.1, -0.05) is 38.1 Å². The van der Waals surface area contributed by atoms with E-state index in [0.29, 0.717) is 25.4 Å². The summed E-state index contributed by atoms with van der Waals surface area (Å²) in [5.41, 5.74) is 0.367. The van der Waals surface area contributed by atoms with Crippen LogP contribution in [0.5, 0.6) is 5.75 Å². The first kappa shape index (κ1) is 37.2. The molecule has 1 atom stereocenters. The summed E-state index contributed by atoms with van der Waals surface area (Å²) in [5.74, 6) is -0.189. The van der Waals surface area contributed by atoms with Crippen LogP contribution in [0.15, 0.2) is 42.5 Å². The summed E-state index contributed by atoms with van der Waals surface area (Å²) >= 11 is 0. The molecule has 0 aliphatic rings. The number of ether oxygens (including phenoxy) is 3. The zero-order chi connectivity index (χ0) is 32.0. The summed E-state index contributed by atoms with van der Waals surface area (Å²) < 4.78 is 52.7. The minimum atomic E-state index is -4.25.